The number of nitrogens with zero attached hydrogens (tertiary/aromatic N) is 2. The second-order valence-corrected chi connectivity index (χ2v) is 6.67. The number of para-hydroxylation sites is 1. The number of hydrogen-bond donors (Lipinski definition) is 2. The maximum absolute atomic E-state index is 12.7. The highest BCUT2D eigenvalue weighted by Gasteiger charge is 2.20. The van der Waals surface area contributed by atoms with Crippen LogP contribution >= 0.6 is 0 Å². The highest BCUT2D eigenvalue weighted by molar-refractivity contribution is 5.84. The van der Waals surface area contributed by atoms with Crippen molar-refractivity contribution in [3.8, 4) is 0 Å². The minimum Gasteiger partial charge on any atom is -0.361 e. The molecule has 5 nitrogen and oxygen atoms in total. The summed E-state index contributed by atoms with van der Waals surface area (Å²) in [6, 6.07) is 17.8. The number of benzene rings is 2. The molecule has 136 valence electrons. The van der Waals surface area contributed by atoms with Crippen LogP contribution in [0.5, 0.6) is 0 Å². The summed E-state index contributed by atoms with van der Waals surface area (Å²) in [6.07, 6.45) is 6.76. The number of carbonyl (C=O) groups is 1. The predicted molar refractivity (Wildman–Crippen MR) is 106 cm³/mol. The van der Waals surface area contributed by atoms with Crippen LogP contribution in [0.25, 0.3) is 10.9 Å². The van der Waals surface area contributed by atoms with Gasteiger partial charge in [-0.15, -0.1) is 0 Å². The van der Waals surface area contributed by atoms with Crippen molar-refractivity contribution < 1.29 is 4.79 Å². The SMILES string of the molecule is Cn1ccnc1C(NC(=O)CCc1c[nH]c2ccccc12)c1ccccc1. The van der Waals surface area contributed by atoms with Gasteiger partial charge in [-0.2, -0.15) is 0 Å². The maximum atomic E-state index is 12.7. The zero-order chi connectivity index (χ0) is 18.6. The molecule has 0 aliphatic rings. The van der Waals surface area contributed by atoms with E-state index in [-0.39, 0.29) is 11.9 Å². The number of imidazole rings is 1. The second-order valence-electron chi connectivity index (χ2n) is 6.67. The van der Waals surface area contributed by atoms with Crippen molar-refractivity contribution >= 4 is 16.8 Å². The third-order valence-electron chi connectivity index (χ3n) is 4.85. The Bertz CT molecular complexity index is 1050. The fourth-order valence-electron chi connectivity index (χ4n) is 3.42. The third kappa shape index (κ3) is 3.62. The number of hydrogen-bond acceptors (Lipinski definition) is 2. The highest BCUT2D eigenvalue weighted by atomic mass is 16.1. The van der Waals surface area contributed by atoms with Crippen LogP contribution in [-0.2, 0) is 18.3 Å². The van der Waals surface area contributed by atoms with Crippen molar-refractivity contribution in [3.63, 3.8) is 0 Å². The quantitative estimate of drug-likeness (QED) is 0.551. The van der Waals surface area contributed by atoms with Gasteiger partial charge in [0, 0.05) is 43.0 Å². The van der Waals surface area contributed by atoms with E-state index in [9.17, 15) is 4.79 Å². The second kappa shape index (κ2) is 7.50. The van der Waals surface area contributed by atoms with Gasteiger partial charge in [0.15, 0.2) is 0 Å². The number of amides is 1. The van der Waals surface area contributed by atoms with Gasteiger partial charge in [0.2, 0.25) is 5.91 Å². The minimum absolute atomic E-state index is 0.0112. The van der Waals surface area contributed by atoms with Gasteiger partial charge in [-0.25, -0.2) is 4.98 Å². The van der Waals surface area contributed by atoms with E-state index in [1.807, 2.05) is 72.5 Å². The van der Waals surface area contributed by atoms with Gasteiger partial charge < -0.3 is 14.9 Å². The number of H-pyrrole nitrogens is 1. The van der Waals surface area contributed by atoms with E-state index in [1.54, 1.807) is 6.20 Å². The molecule has 5 heteroatoms. The van der Waals surface area contributed by atoms with Crippen LogP contribution < -0.4 is 5.32 Å². The molecule has 1 unspecified atom stereocenters. The van der Waals surface area contributed by atoms with Crippen LogP contribution in [0.3, 0.4) is 0 Å². The standard InChI is InChI=1S/C22H22N4O/c1-26-14-13-23-22(26)21(16-7-3-2-4-8-16)25-20(27)12-11-17-15-24-19-10-6-5-9-18(17)19/h2-10,13-15,21,24H,11-12H2,1H3,(H,25,27). The zero-order valence-electron chi connectivity index (χ0n) is 15.2. The van der Waals surface area contributed by atoms with E-state index < -0.39 is 0 Å². The van der Waals surface area contributed by atoms with Gasteiger partial charge in [0.1, 0.15) is 11.9 Å². The van der Waals surface area contributed by atoms with E-state index in [2.05, 4.69) is 21.4 Å². The smallest absolute Gasteiger partial charge is 0.221 e. The van der Waals surface area contributed by atoms with Crippen molar-refractivity contribution in [1.29, 1.82) is 0 Å². The summed E-state index contributed by atoms with van der Waals surface area (Å²) in [5.74, 6) is 0.832. The average Bonchev–Trinajstić information content (AvgIpc) is 3.31. The van der Waals surface area contributed by atoms with Crippen LogP contribution in [-0.4, -0.2) is 20.4 Å². The molecule has 27 heavy (non-hydrogen) atoms. The summed E-state index contributed by atoms with van der Waals surface area (Å²) >= 11 is 0. The van der Waals surface area contributed by atoms with Gasteiger partial charge in [-0.05, 0) is 23.6 Å². The first-order chi connectivity index (χ1) is 13.2. The van der Waals surface area contributed by atoms with Crippen molar-refractivity contribution in [3.05, 3.63) is 90.1 Å². The summed E-state index contributed by atoms with van der Waals surface area (Å²) in [5.41, 5.74) is 3.28. The van der Waals surface area contributed by atoms with Crippen LogP contribution in [0.15, 0.2) is 73.2 Å². The number of carbonyl (C=O) groups excluding carboxylic acids is 1. The fourth-order valence-corrected chi connectivity index (χ4v) is 3.42. The van der Waals surface area contributed by atoms with E-state index in [4.69, 9.17) is 0 Å². The molecule has 2 aromatic heterocycles. The number of rotatable bonds is 6. The predicted octanol–water partition coefficient (Wildman–Crippen LogP) is 3.74. The maximum Gasteiger partial charge on any atom is 0.221 e. The Morgan fingerprint density at radius 2 is 1.93 bits per heavy atom. The Morgan fingerprint density at radius 1 is 1.15 bits per heavy atom. The minimum atomic E-state index is -0.262. The topological polar surface area (TPSA) is 62.7 Å². The Hall–Kier alpha value is -3.34. The molecule has 0 bridgehead atoms. The normalized spacial score (nSPS) is 12.2. The fraction of sp³-hybridized carbons (Fsp3) is 0.182. The molecule has 2 heterocycles. The van der Waals surface area contributed by atoms with E-state index >= 15 is 0 Å². The molecule has 4 aromatic rings. The van der Waals surface area contributed by atoms with Crippen molar-refractivity contribution in [2.24, 2.45) is 7.05 Å². The summed E-state index contributed by atoms with van der Waals surface area (Å²) in [5, 5.41) is 4.33. The van der Waals surface area contributed by atoms with Crippen molar-refractivity contribution in [2.75, 3.05) is 0 Å². The number of aromatic amines is 1. The molecule has 0 aliphatic heterocycles. The molecule has 0 aliphatic carbocycles. The molecule has 0 saturated carbocycles. The van der Waals surface area contributed by atoms with E-state index in [0.717, 1.165) is 22.5 Å². The summed E-state index contributed by atoms with van der Waals surface area (Å²) in [7, 11) is 1.94. The Labute approximate surface area is 158 Å². The van der Waals surface area contributed by atoms with Crippen LogP contribution in [0.4, 0.5) is 0 Å². The lowest BCUT2D eigenvalue weighted by molar-refractivity contribution is -0.121. The van der Waals surface area contributed by atoms with Crippen molar-refractivity contribution in [2.45, 2.75) is 18.9 Å². The Kier molecular flexibility index (Phi) is 4.75. The molecule has 0 fully saturated rings. The first-order valence-corrected chi connectivity index (χ1v) is 9.09. The molecule has 2 N–H and O–H groups in total. The number of aryl methyl sites for hydroxylation is 2. The van der Waals surface area contributed by atoms with E-state index in [1.165, 1.54) is 5.39 Å². The lowest BCUT2D eigenvalue weighted by Gasteiger charge is -2.19. The molecular formula is C22H22N4O. The van der Waals surface area contributed by atoms with Crippen LogP contribution in [0.2, 0.25) is 0 Å². The summed E-state index contributed by atoms with van der Waals surface area (Å²) < 4.78 is 1.94. The molecular weight excluding hydrogens is 336 g/mol. The van der Waals surface area contributed by atoms with Gasteiger partial charge >= 0.3 is 0 Å². The van der Waals surface area contributed by atoms with Crippen molar-refractivity contribution in [1.82, 2.24) is 19.9 Å². The highest BCUT2D eigenvalue weighted by Crippen LogP contribution is 2.22. The number of nitrogens with one attached hydrogen (secondary N) is 2. The Balaban J connectivity index is 1.50. The number of aromatic nitrogens is 3. The average molecular weight is 358 g/mol. The lowest BCUT2D eigenvalue weighted by Crippen LogP contribution is -2.31. The van der Waals surface area contributed by atoms with Gasteiger partial charge in [0.25, 0.3) is 0 Å². The third-order valence-corrected chi connectivity index (χ3v) is 4.85. The zero-order valence-corrected chi connectivity index (χ0v) is 15.2. The van der Waals surface area contributed by atoms with Crippen LogP contribution in [0, 0.1) is 0 Å². The van der Waals surface area contributed by atoms with Crippen LogP contribution in [0.1, 0.15) is 29.4 Å². The summed E-state index contributed by atoms with van der Waals surface area (Å²) in [6.45, 7) is 0. The Morgan fingerprint density at radius 3 is 2.70 bits per heavy atom. The molecule has 4 rings (SSSR count). The first kappa shape index (κ1) is 17.1. The first-order valence-electron chi connectivity index (χ1n) is 9.09. The molecule has 0 spiro atoms. The van der Waals surface area contributed by atoms with Gasteiger partial charge in [-0.1, -0.05) is 48.5 Å². The molecule has 0 radical (unpaired) electrons. The monoisotopic (exact) mass is 358 g/mol. The largest absolute Gasteiger partial charge is 0.361 e. The lowest BCUT2D eigenvalue weighted by atomic mass is 10.0. The summed E-state index contributed by atoms with van der Waals surface area (Å²) in [4.78, 5) is 20.4. The van der Waals surface area contributed by atoms with Gasteiger partial charge in [-0.3, -0.25) is 4.79 Å². The molecule has 1 amide bonds. The van der Waals surface area contributed by atoms with Gasteiger partial charge in [0.05, 0.1) is 0 Å². The molecule has 2 aromatic carbocycles. The van der Waals surface area contributed by atoms with E-state index in [0.29, 0.717) is 12.8 Å². The molecule has 0 saturated heterocycles. The number of fused-ring (bicyclic) bond motifs is 1. The molecule has 1 atom stereocenters.